The number of benzene rings is 2. The number of anilines is 1. The van der Waals surface area contributed by atoms with E-state index in [0.717, 1.165) is 11.3 Å². The van der Waals surface area contributed by atoms with Gasteiger partial charge in [-0.15, -0.1) is 0 Å². The van der Waals surface area contributed by atoms with Crippen molar-refractivity contribution in [2.45, 2.75) is 13.0 Å². The smallest absolute Gasteiger partial charge is 0.350 e. The normalized spacial score (nSPS) is 17.3. The predicted molar refractivity (Wildman–Crippen MR) is 122 cm³/mol. The van der Waals surface area contributed by atoms with Crippen molar-refractivity contribution in [1.82, 2.24) is 4.98 Å². The van der Waals surface area contributed by atoms with E-state index in [1.807, 2.05) is 0 Å². The van der Waals surface area contributed by atoms with E-state index in [-0.39, 0.29) is 21.3 Å². The number of ketones is 1. The number of thiazole rings is 1. The van der Waals surface area contributed by atoms with E-state index < -0.39 is 23.7 Å². The third-order valence-electron chi connectivity index (χ3n) is 5.29. The van der Waals surface area contributed by atoms with Gasteiger partial charge in [0.1, 0.15) is 16.4 Å². The lowest BCUT2D eigenvalue weighted by atomic mass is 9.95. The van der Waals surface area contributed by atoms with Gasteiger partial charge in [0, 0.05) is 5.56 Å². The number of carbonyl (C=O) groups is 3. The highest BCUT2D eigenvalue weighted by atomic mass is 32.1. The average Bonchev–Trinajstić information content (AvgIpc) is 3.35. The molecule has 8 nitrogen and oxygen atoms in total. The first-order valence-electron chi connectivity index (χ1n) is 9.93. The van der Waals surface area contributed by atoms with E-state index in [1.165, 1.54) is 19.1 Å². The number of Topliss-reactive ketones (excluding diaryl/α,β-unsaturated/α-hetero) is 1. The predicted octanol–water partition coefficient (Wildman–Crippen LogP) is 3.87. The van der Waals surface area contributed by atoms with Gasteiger partial charge in [-0.05, 0) is 24.6 Å². The molecule has 1 unspecified atom stereocenters. The number of amides is 1. The van der Waals surface area contributed by atoms with Crippen LogP contribution in [0.4, 0.5) is 5.13 Å². The maximum absolute atomic E-state index is 13.2. The summed E-state index contributed by atoms with van der Waals surface area (Å²) >= 11 is 0.949. The summed E-state index contributed by atoms with van der Waals surface area (Å²) in [5.41, 5.74) is 1.28. The number of nitrogens with zero attached hydrogens (tertiary/aromatic N) is 2. The van der Waals surface area contributed by atoms with Gasteiger partial charge in [-0.2, -0.15) is 0 Å². The third-order valence-corrected chi connectivity index (χ3v) is 6.42. The van der Waals surface area contributed by atoms with Gasteiger partial charge in [-0.25, -0.2) is 9.78 Å². The molecule has 2 aromatic carbocycles. The molecule has 1 aliphatic rings. The number of esters is 1. The maximum Gasteiger partial charge on any atom is 0.350 e. The second kappa shape index (κ2) is 8.87. The van der Waals surface area contributed by atoms with Crippen LogP contribution in [0, 0.1) is 6.92 Å². The monoisotopic (exact) mass is 464 g/mol. The Labute approximate surface area is 193 Å². The Hall–Kier alpha value is -3.98. The van der Waals surface area contributed by atoms with E-state index >= 15 is 0 Å². The fourth-order valence-corrected chi connectivity index (χ4v) is 4.66. The van der Waals surface area contributed by atoms with Crippen molar-refractivity contribution in [3.05, 3.63) is 81.9 Å². The molecule has 1 saturated heterocycles. The standard InChI is InChI=1S/C24H20N2O6S/c1-13-21(23(30)32-3)33-24(25-13)26-18(14-9-11-16(31-2)12-10-14)17(20(28)22(26)29)19(27)15-7-5-4-6-8-15/h4-12,18,27H,1-3H3/b19-17-. The van der Waals surface area contributed by atoms with Crippen molar-refractivity contribution >= 4 is 39.9 Å². The van der Waals surface area contributed by atoms with Gasteiger partial charge in [-0.3, -0.25) is 14.5 Å². The highest BCUT2D eigenvalue weighted by Crippen LogP contribution is 2.44. The number of ether oxygens (including phenoxy) is 2. The summed E-state index contributed by atoms with van der Waals surface area (Å²) in [6.45, 7) is 1.62. The molecule has 1 amide bonds. The highest BCUT2D eigenvalue weighted by molar-refractivity contribution is 7.17. The molecule has 4 rings (SSSR count). The highest BCUT2D eigenvalue weighted by Gasteiger charge is 2.48. The van der Waals surface area contributed by atoms with Gasteiger partial charge in [0.05, 0.1) is 31.5 Å². The van der Waals surface area contributed by atoms with Crippen LogP contribution in [0.5, 0.6) is 5.75 Å². The summed E-state index contributed by atoms with van der Waals surface area (Å²) in [5.74, 6) is -1.98. The van der Waals surface area contributed by atoms with Crippen LogP contribution in [0.3, 0.4) is 0 Å². The number of aliphatic hydroxyl groups excluding tert-OH is 1. The summed E-state index contributed by atoms with van der Waals surface area (Å²) in [7, 11) is 2.79. The molecular formula is C24H20N2O6S. The van der Waals surface area contributed by atoms with Crippen molar-refractivity contribution in [3.63, 3.8) is 0 Å². The molecule has 1 aliphatic heterocycles. The van der Waals surface area contributed by atoms with Crippen molar-refractivity contribution < 1.29 is 29.0 Å². The van der Waals surface area contributed by atoms with Gasteiger partial charge in [0.15, 0.2) is 5.13 Å². The van der Waals surface area contributed by atoms with Crippen LogP contribution in [0.25, 0.3) is 5.76 Å². The molecule has 2 heterocycles. The van der Waals surface area contributed by atoms with Crippen LogP contribution in [0.2, 0.25) is 0 Å². The average molecular weight is 464 g/mol. The van der Waals surface area contributed by atoms with Gasteiger partial charge in [0.25, 0.3) is 5.78 Å². The Morgan fingerprint density at radius 3 is 2.33 bits per heavy atom. The van der Waals surface area contributed by atoms with Crippen LogP contribution < -0.4 is 9.64 Å². The molecule has 33 heavy (non-hydrogen) atoms. The summed E-state index contributed by atoms with van der Waals surface area (Å²) < 4.78 is 10.0. The Bertz CT molecular complexity index is 1260. The molecule has 0 saturated carbocycles. The van der Waals surface area contributed by atoms with Crippen molar-refractivity contribution in [2.24, 2.45) is 0 Å². The number of carbonyl (C=O) groups excluding carboxylic acids is 3. The zero-order valence-corrected chi connectivity index (χ0v) is 18.9. The molecule has 0 radical (unpaired) electrons. The lowest BCUT2D eigenvalue weighted by Gasteiger charge is -2.23. The van der Waals surface area contributed by atoms with E-state index in [0.29, 0.717) is 22.6 Å². The maximum atomic E-state index is 13.2. The lowest BCUT2D eigenvalue weighted by Crippen LogP contribution is -2.29. The first kappa shape index (κ1) is 22.2. The SMILES string of the molecule is COC(=O)c1sc(N2C(=O)C(=O)/C(=C(\O)c3ccccc3)C2c2ccc(OC)cc2)nc1C. The quantitative estimate of drug-likeness (QED) is 0.264. The Morgan fingerprint density at radius 1 is 1.06 bits per heavy atom. The van der Waals surface area contributed by atoms with Crippen LogP contribution in [-0.4, -0.2) is 42.0 Å². The number of aromatic nitrogens is 1. The molecule has 3 aromatic rings. The number of aliphatic hydroxyl groups is 1. The van der Waals surface area contributed by atoms with Crippen molar-refractivity contribution in [3.8, 4) is 5.75 Å². The molecule has 0 aliphatic carbocycles. The molecule has 1 N–H and O–H groups in total. The third kappa shape index (κ3) is 3.87. The van der Waals surface area contributed by atoms with E-state index in [4.69, 9.17) is 9.47 Å². The topological polar surface area (TPSA) is 106 Å². The van der Waals surface area contributed by atoms with Crippen LogP contribution in [-0.2, 0) is 14.3 Å². The largest absolute Gasteiger partial charge is 0.507 e. The summed E-state index contributed by atoms with van der Waals surface area (Å²) in [4.78, 5) is 44.2. The van der Waals surface area contributed by atoms with E-state index in [2.05, 4.69) is 4.98 Å². The Kier molecular flexibility index (Phi) is 5.97. The molecular weight excluding hydrogens is 444 g/mol. The van der Waals surface area contributed by atoms with Crippen molar-refractivity contribution in [2.75, 3.05) is 19.1 Å². The number of aryl methyl sites for hydroxylation is 1. The van der Waals surface area contributed by atoms with Gasteiger partial charge in [0.2, 0.25) is 0 Å². The molecule has 0 bridgehead atoms. The molecule has 1 aromatic heterocycles. The molecule has 9 heteroatoms. The Balaban J connectivity index is 1.92. The number of rotatable bonds is 5. The fraction of sp³-hybridized carbons (Fsp3) is 0.167. The van der Waals surface area contributed by atoms with E-state index in [1.54, 1.807) is 61.5 Å². The minimum Gasteiger partial charge on any atom is -0.507 e. The second-order valence-electron chi connectivity index (χ2n) is 7.21. The molecule has 1 atom stereocenters. The van der Waals surface area contributed by atoms with Gasteiger partial charge < -0.3 is 14.6 Å². The number of methoxy groups -OCH3 is 2. The van der Waals surface area contributed by atoms with Gasteiger partial charge in [-0.1, -0.05) is 53.8 Å². The van der Waals surface area contributed by atoms with Crippen LogP contribution >= 0.6 is 11.3 Å². The Morgan fingerprint density at radius 2 is 1.73 bits per heavy atom. The van der Waals surface area contributed by atoms with Crippen molar-refractivity contribution in [1.29, 1.82) is 0 Å². The number of hydrogen-bond donors (Lipinski definition) is 1. The lowest BCUT2D eigenvalue weighted by molar-refractivity contribution is -0.132. The first-order valence-corrected chi connectivity index (χ1v) is 10.7. The number of hydrogen-bond acceptors (Lipinski definition) is 8. The zero-order chi connectivity index (χ0) is 23.7. The molecule has 1 fully saturated rings. The van der Waals surface area contributed by atoms with E-state index in [9.17, 15) is 19.5 Å². The second-order valence-corrected chi connectivity index (χ2v) is 8.19. The molecule has 0 spiro atoms. The minimum absolute atomic E-state index is 0.0659. The summed E-state index contributed by atoms with van der Waals surface area (Å²) in [6.07, 6.45) is 0. The zero-order valence-electron chi connectivity index (χ0n) is 18.1. The fourth-order valence-electron chi connectivity index (χ4n) is 3.65. The summed E-state index contributed by atoms with van der Waals surface area (Å²) in [5, 5.41) is 11.2. The van der Waals surface area contributed by atoms with Crippen LogP contribution in [0.15, 0.2) is 60.2 Å². The van der Waals surface area contributed by atoms with Crippen LogP contribution in [0.1, 0.15) is 32.5 Å². The first-order chi connectivity index (χ1) is 15.9. The molecule has 168 valence electrons. The summed E-state index contributed by atoms with van der Waals surface area (Å²) in [6, 6.07) is 14.4. The van der Waals surface area contributed by atoms with Gasteiger partial charge >= 0.3 is 11.9 Å². The minimum atomic E-state index is -0.952.